The lowest BCUT2D eigenvalue weighted by Crippen LogP contribution is -2.68. The number of methoxy groups -OCH3 is 1. The maximum atomic E-state index is 12.7. The van der Waals surface area contributed by atoms with Crippen LogP contribution in [0.15, 0.2) is 48.5 Å². The highest BCUT2D eigenvalue weighted by atomic mass is 16.5. The van der Waals surface area contributed by atoms with Gasteiger partial charge in [0.2, 0.25) is 0 Å². The third-order valence-electron chi connectivity index (χ3n) is 6.77. The van der Waals surface area contributed by atoms with E-state index in [1.54, 1.807) is 7.11 Å². The summed E-state index contributed by atoms with van der Waals surface area (Å²) in [5, 5.41) is 13.2. The number of aliphatic hydroxyl groups excluding tert-OH is 1. The SMILES string of the molecule is COc1cccc(-c2ccc([C@@H]3[C@@H](CO)N4CCCCN(C(=O)NC(C)C)C[C@H]34)cc2)c1. The Morgan fingerprint density at radius 1 is 1.12 bits per heavy atom. The lowest BCUT2D eigenvalue weighted by molar-refractivity contribution is -0.0591. The molecule has 0 aliphatic carbocycles. The third kappa shape index (κ3) is 4.62. The minimum Gasteiger partial charge on any atom is -0.497 e. The standard InChI is InChI=1S/C26H35N3O3/c1-18(2)27-26(31)28-13-4-5-14-29-23(16-28)25(24(29)17-30)20-11-9-19(10-12-20)21-7-6-8-22(15-21)32-3/h6-12,15,18,23-25,30H,4-5,13-14,16-17H2,1-3H3,(H,27,31)/t23-,24-,25+/m1/s1. The highest BCUT2D eigenvalue weighted by Crippen LogP contribution is 2.42. The molecule has 0 radical (unpaired) electrons. The third-order valence-corrected chi connectivity index (χ3v) is 6.77. The first kappa shape index (κ1) is 22.6. The Balaban J connectivity index is 1.55. The first-order chi connectivity index (χ1) is 15.5. The Labute approximate surface area is 191 Å². The van der Waals surface area contributed by atoms with Gasteiger partial charge in [-0.15, -0.1) is 0 Å². The molecule has 6 heteroatoms. The van der Waals surface area contributed by atoms with Crippen LogP contribution in [0.25, 0.3) is 11.1 Å². The minimum absolute atomic E-state index is 0.0152. The number of aliphatic hydroxyl groups is 1. The summed E-state index contributed by atoms with van der Waals surface area (Å²) in [4.78, 5) is 17.1. The Hall–Kier alpha value is -2.57. The Kier molecular flexibility index (Phi) is 7.01. The number of carbonyl (C=O) groups is 1. The first-order valence-electron chi connectivity index (χ1n) is 11.7. The molecule has 2 N–H and O–H groups in total. The topological polar surface area (TPSA) is 65.0 Å². The van der Waals surface area contributed by atoms with Gasteiger partial charge in [0, 0.05) is 37.1 Å². The number of ether oxygens (including phenoxy) is 1. The van der Waals surface area contributed by atoms with Gasteiger partial charge in [0.1, 0.15) is 5.75 Å². The van der Waals surface area contributed by atoms with Crippen LogP contribution in [0.3, 0.4) is 0 Å². The molecule has 0 spiro atoms. The zero-order valence-electron chi connectivity index (χ0n) is 19.3. The summed E-state index contributed by atoms with van der Waals surface area (Å²) in [5.41, 5.74) is 3.48. The number of nitrogens with one attached hydrogen (secondary N) is 1. The van der Waals surface area contributed by atoms with Gasteiger partial charge in [-0.2, -0.15) is 0 Å². The van der Waals surface area contributed by atoms with Crippen molar-refractivity contribution in [1.82, 2.24) is 15.1 Å². The Bertz CT molecular complexity index is 915. The van der Waals surface area contributed by atoms with Crippen molar-refractivity contribution >= 4 is 6.03 Å². The van der Waals surface area contributed by atoms with Crippen LogP contribution in [-0.4, -0.2) is 72.4 Å². The van der Waals surface area contributed by atoms with Crippen molar-refractivity contribution in [1.29, 1.82) is 0 Å². The van der Waals surface area contributed by atoms with Gasteiger partial charge >= 0.3 is 6.03 Å². The first-order valence-corrected chi connectivity index (χ1v) is 11.7. The molecule has 0 unspecified atom stereocenters. The van der Waals surface area contributed by atoms with Gasteiger partial charge in [-0.3, -0.25) is 4.90 Å². The summed E-state index contributed by atoms with van der Waals surface area (Å²) in [5.74, 6) is 1.06. The minimum atomic E-state index is 0.0152. The predicted molar refractivity (Wildman–Crippen MR) is 127 cm³/mol. The molecule has 0 aromatic heterocycles. The molecular weight excluding hydrogens is 402 g/mol. The van der Waals surface area contributed by atoms with Gasteiger partial charge in [-0.25, -0.2) is 4.79 Å². The number of rotatable bonds is 5. The van der Waals surface area contributed by atoms with E-state index >= 15 is 0 Å². The van der Waals surface area contributed by atoms with Crippen molar-refractivity contribution in [3.63, 3.8) is 0 Å². The molecule has 172 valence electrons. The van der Waals surface area contributed by atoms with Crippen LogP contribution in [0.2, 0.25) is 0 Å². The molecule has 2 saturated heterocycles. The monoisotopic (exact) mass is 437 g/mol. The molecule has 0 bridgehead atoms. The van der Waals surface area contributed by atoms with Gasteiger partial charge in [-0.1, -0.05) is 36.4 Å². The van der Waals surface area contributed by atoms with E-state index in [1.807, 2.05) is 36.9 Å². The summed E-state index contributed by atoms with van der Waals surface area (Å²) in [6.07, 6.45) is 2.03. The van der Waals surface area contributed by atoms with Crippen molar-refractivity contribution in [2.45, 2.75) is 50.7 Å². The van der Waals surface area contributed by atoms with Crippen molar-refractivity contribution < 1.29 is 14.6 Å². The number of urea groups is 1. The van der Waals surface area contributed by atoms with Crippen LogP contribution < -0.4 is 10.1 Å². The zero-order chi connectivity index (χ0) is 22.7. The molecule has 0 saturated carbocycles. The van der Waals surface area contributed by atoms with Gasteiger partial charge < -0.3 is 20.1 Å². The maximum absolute atomic E-state index is 12.7. The molecule has 4 rings (SSSR count). The maximum Gasteiger partial charge on any atom is 0.317 e. The van der Waals surface area contributed by atoms with E-state index in [0.717, 1.165) is 42.8 Å². The van der Waals surface area contributed by atoms with Crippen molar-refractivity contribution in [2.75, 3.05) is 33.4 Å². The lowest BCUT2D eigenvalue weighted by atomic mass is 9.74. The molecule has 32 heavy (non-hydrogen) atoms. The Morgan fingerprint density at radius 2 is 1.88 bits per heavy atom. The number of hydrogen-bond donors (Lipinski definition) is 2. The van der Waals surface area contributed by atoms with Crippen LogP contribution in [-0.2, 0) is 0 Å². The van der Waals surface area contributed by atoms with Crippen molar-refractivity contribution in [2.24, 2.45) is 0 Å². The quantitative estimate of drug-likeness (QED) is 0.749. The summed E-state index contributed by atoms with van der Waals surface area (Å²) >= 11 is 0. The largest absolute Gasteiger partial charge is 0.497 e. The number of fused-ring (bicyclic) bond motifs is 1. The molecule has 2 heterocycles. The lowest BCUT2D eigenvalue weighted by Gasteiger charge is -2.57. The van der Waals surface area contributed by atoms with Crippen LogP contribution in [0.4, 0.5) is 4.79 Å². The van der Waals surface area contributed by atoms with Crippen LogP contribution in [0.5, 0.6) is 5.75 Å². The van der Waals surface area contributed by atoms with Crippen LogP contribution >= 0.6 is 0 Å². The average molecular weight is 438 g/mol. The van der Waals surface area contributed by atoms with Gasteiger partial charge in [0.05, 0.1) is 13.7 Å². The fourth-order valence-electron chi connectivity index (χ4n) is 5.16. The molecule has 6 nitrogen and oxygen atoms in total. The number of amides is 2. The van der Waals surface area contributed by atoms with E-state index in [0.29, 0.717) is 6.54 Å². The van der Waals surface area contributed by atoms with Crippen molar-refractivity contribution in [3.05, 3.63) is 54.1 Å². The van der Waals surface area contributed by atoms with E-state index < -0.39 is 0 Å². The van der Waals surface area contributed by atoms with Crippen LogP contribution in [0, 0.1) is 0 Å². The highest BCUT2D eigenvalue weighted by molar-refractivity contribution is 5.74. The molecule has 2 fully saturated rings. The molecule has 2 amide bonds. The average Bonchev–Trinajstić information content (AvgIpc) is 2.78. The molecule has 2 aromatic rings. The fourth-order valence-corrected chi connectivity index (χ4v) is 5.16. The molecule has 2 aliphatic rings. The molecule has 3 atom stereocenters. The van der Waals surface area contributed by atoms with Gasteiger partial charge in [0.25, 0.3) is 0 Å². The second-order valence-corrected chi connectivity index (χ2v) is 9.19. The normalized spacial score (nSPS) is 23.7. The summed E-state index contributed by atoms with van der Waals surface area (Å²) < 4.78 is 5.36. The van der Waals surface area contributed by atoms with E-state index in [1.165, 1.54) is 5.56 Å². The summed E-state index contributed by atoms with van der Waals surface area (Å²) in [6, 6.07) is 17.2. The van der Waals surface area contributed by atoms with E-state index in [9.17, 15) is 9.90 Å². The second-order valence-electron chi connectivity index (χ2n) is 9.19. The van der Waals surface area contributed by atoms with E-state index in [-0.39, 0.29) is 36.7 Å². The highest BCUT2D eigenvalue weighted by Gasteiger charge is 2.49. The number of benzene rings is 2. The predicted octanol–water partition coefficient (Wildman–Crippen LogP) is 3.70. The fraction of sp³-hybridized carbons (Fsp3) is 0.500. The second kappa shape index (κ2) is 9.92. The Morgan fingerprint density at radius 3 is 2.56 bits per heavy atom. The number of nitrogens with zero attached hydrogens (tertiary/aromatic N) is 2. The van der Waals surface area contributed by atoms with E-state index in [2.05, 4.69) is 40.5 Å². The smallest absolute Gasteiger partial charge is 0.317 e. The summed E-state index contributed by atoms with van der Waals surface area (Å²) in [7, 11) is 1.68. The summed E-state index contributed by atoms with van der Waals surface area (Å²) in [6.45, 7) is 6.58. The van der Waals surface area contributed by atoms with Crippen LogP contribution in [0.1, 0.15) is 38.2 Å². The molecular formula is C26H35N3O3. The number of hydrogen-bond acceptors (Lipinski definition) is 4. The van der Waals surface area contributed by atoms with Crippen molar-refractivity contribution in [3.8, 4) is 16.9 Å². The van der Waals surface area contributed by atoms with Gasteiger partial charge in [0.15, 0.2) is 0 Å². The molecule has 2 aromatic carbocycles. The van der Waals surface area contributed by atoms with E-state index in [4.69, 9.17) is 4.74 Å². The van der Waals surface area contributed by atoms with Gasteiger partial charge in [-0.05, 0) is 62.1 Å². The zero-order valence-corrected chi connectivity index (χ0v) is 19.3. The molecule has 2 aliphatic heterocycles. The number of carbonyl (C=O) groups excluding carboxylic acids is 1.